The van der Waals surface area contributed by atoms with Crippen LogP contribution in [0.5, 0.6) is 5.75 Å². The van der Waals surface area contributed by atoms with E-state index in [-0.39, 0.29) is 24.4 Å². The van der Waals surface area contributed by atoms with Gasteiger partial charge < -0.3 is 20.3 Å². The van der Waals surface area contributed by atoms with Gasteiger partial charge in [0.25, 0.3) is 0 Å². The smallest absolute Gasteiger partial charge is 0.242 e. The maximum Gasteiger partial charge on any atom is 0.242 e. The van der Waals surface area contributed by atoms with Crippen molar-refractivity contribution in [2.75, 3.05) is 27.2 Å². The van der Waals surface area contributed by atoms with Gasteiger partial charge in [0, 0.05) is 19.2 Å². The van der Waals surface area contributed by atoms with E-state index in [1.807, 2.05) is 55.5 Å². The summed E-state index contributed by atoms with van der Waals surface area (Å²) in [5.74, 6) is 0.602. The second kappa shape index (κ2) is 9.09. The van der Waals surface area contributed by atoms with Crippen molar-refractivity contribution in [2.45, 2.75) is 31.8 Å². The number of rotatable bonds is 6. The summed E-state index contributed by atoms with van der Waals surface area (Å²) in [5.41, 5.74) is 8.94. The van der Waals surface area contributed by atoms with Gasteiger partial charge in [0.05, 0.1) is 25.7 Å². The van der Waals surface area contributed by atoms with Gasteiger partial charge in [-0.1, -0.05) is 42.5 Å². The maximum atomic E-state index is 12.7. The van der Waals surface area contributed by atoms with Gasteiger partial charge in [-0.2, -0.15) is 0 Å². The second-order valence-corrected chi connectivity index (χ2v) is 7.51. The van der Waals surface area contributed by atoms with Crippen molar-refractivity contribution in [1.29, 1.82) is 0 Å². The average molecular weight is 396 g/mol. The van der Waals surface area contributed by atoms with Crippen LogP contribution >= 0.6 is 0 Å². The van der Waals surface area contributed by atoms with Gasteiger partial charge in [-0.15, -0.1) is 0 Å². The zero-order chi connectivity index (χ0) is 21.0. The number of nitrogens with zero attached hydrogens (tertiary/aromatic N) is 2. The van der Waals surface area contributed by atoms with E-state index in [0.717, 1.165) is 28.9 Å². The molecule has 6 heteroatoms. The van der Waals surface area contributed by atoms with E-state index in [1.54, 1.807) is 24.0 Å². The minimum atomic E-state index is -0.484. The van der Waals surface area contributed by atoms with E-state index in [0.29, 0.717) is 13.0 Å². The first-order valence-corrected chi connectivity index (χ1v) is 9.95. The van der Waals surface area contributed by atoms with Crippen LogP contribution in [-0.2, 0) is 9.59 Å². The number of carbonyl (C=O) groups excluding carboxylic acids is 2. The number of nitrogens with two attached hydrogens (primary N) is 1. The number of amides is 2. The molecule has 2 unspecified atom stereocenters. The number of hydrogen-bond donors (Lipinski definition) is 1. The van der Waals surface area contributed by atoms with Crippen molar-refractivity contribution in [3.63, 3.8) is 0 Å². The largest absolute Gasteiger partial charge is 0.496 e. The molecule has 1 aliphatic rings. The zero-order valence-electron chi connectivity index (χ0n) is 17.3. The lowest BCUT2D eigenvalue weighted by atomic mass is 10.00. The van der Waals surface area contributed by atoms with Crippen LogP contribution < -0.4 is 10.5 Å². The Morgan fingerprint density at radius 1 is 1.24 bits per heavy atom. The minimum absolute atomic E-state index is 0.0761. The van der Waals surface area contributed by atoms with Crippen LogP contribution in [0.2, 0.25) is 0 Å². The molecule has 1 saturated heterocycles. The molecule has 2 amide bonds. The molecule has 6 nitrogen and oxygen atoms in total. The molecule has 2 aromatic rings. The zero-order valence-corrected chi connectivity index (χ0v) is 17.3. The van der Waals surface area contributed by atoms with Crippen molar-refractivity contribution in [2.24, 2.45) is 5.73 Å². The molecule has 0 radical (unpaired) electrons. The number of piperidine rings is 1. The third-order valence-electron chi connectivity index (χ3n) is 5.68. The number of methoxy groups -OCH3 is 1. The van der Waals surface area contributed by atoms with Gasteiger partial charge in [-0.25, -0.2) is 0 Å². The number of hydrogen-bond acceptors (Lipinski definition) is 4. The Kier molecular flexibility index (Phi) is 6.54. The molecule has 0 aromatic heterocycles. The van der Waals surface area contributed by atoms with E-state index in [2.05, 4.69) is 0 Å². The number of para-hydroxylation sites is 1. The monoisotopic (exact) mass is 395 g/mol. The van der Waals surface area contributed by atoms with Crippen LogP contribution in [0.3, 0.4) is 0 Å². The van der Waals surface area contributed by atoms with E-state index < -0.39 is 6.04 Å². The van der Waals surface area contributed by atoms with Crippen molar-refractivity contribution < 1.29 is 14.3 Å². The van der Waals surface area contributed by atoms with Crippen LogP contribution in [0, 0.1) is 0 Å². The lowest BCUT2D eigenvalue weighted by Gasteiger charge is -2.33. The summed E-state index contributed by atoms with van der Waals surface area (Å²) in [4.78, 5) is 28.2. The van der Waals surface area contributed by atoms with Crippen LogP contribution in [-0.4, -0.2) is 54.9 Å². The van der Waals surface area contributed by atoms with Gasteiger partial charge >= 0.3 is 0 Å². The fourth-order valence-corrected chi connectivity index (χ4v) is 3.67. The standard InChI is InChI=1S/C23H29N3O3/c1-16(25(2)22(27)15-26-14-6-8-20(24)23(26)28)17-10-12-18(13-11-17)19-7-4-5-9-21(19)29-3/h4-5,7,9-13,16,20H,6,8,14-15,24H2,1-3H3. The quantitative estimate of drug-likeness (QED) is 0.816. The maximum absolute atomic E-state index is 12.7. The summed E-state index contributed by atoms with van der Waals surface area (Å²) in [6, 6.07) is 15.4. The Balaban J connectivity index is 1.68. The van der Waals surface area contributed by atoms with Gasteiger partial charge in [-0.05, 0) is 37.0 Å². The normalized spacial score (nSPS) is 17.7. The van der Waals surface area contributed by atoms with Gasteiger partial charge in [0.2, 0.25) is 11.8 Å². The first kappa shape index (κ1) is 20.9. The molecule has 3 rings (SSSR count). The Hall–Kier alpha value is -2.86. The number of ether oxygens (including phenoxy) is 1. The van der Waals surface area contributed by atoms with E-state index >= 15 is 0 Å². The van der Waals surface area contributed by atoms with Crippen molar-refractivity contribution in [3.05, 3.63) is 54.1 Å². The Labute approximate surface area is 172 Å². The summed E-state index contributed by atoms with van der Waals surface area (Å²) >= 11 is 0. The highest BCUT2D eigenvalue weighted by Gasteiger charge is 2.28. The van der Waals surface area contributed by atoms with Crippen molar-refractivity contribution in [1.82, 2.24) is 9.80 Å². The summed E-state index contributed by atoms with van der Waals surface area (Å²) in [5, 5.41) is 0. The molecule has 0 aliphatic carbocycles. The number of likely N-dealkylation sites (tertiary alicyclic amines) is 1. The molecule has 2 aromatic carbocycles. The van der Waals surface area contributed by atoms with Gasteiger partial charge in [0.1, 0.15) is 5.75 Å². The predicted molar refractivity (Wildman–Crippen MR) is 113 cm³/mol. The molecule has 0 bridgehead atoms. The third-order valence-corrected chi connectivity index (χ3v) is 5.68. The third kappa shape index (κ3) is 4.59. The van der Waals surface area contributed by atoms with Crippen LogP contribution in [0.1, 0.15) is 31.4 Å². The van der Waals surface area contributed by atoms with E-state index in [1.165, 1.54) is 0 Å². The second-order valence-electron chi connectivity index (χ2n) is 7.51. The average Bonchev–Trinajstić information content (AvgIpc) is 2.76. The molecule has 154 valence electrons. The van der Waals surface area contributed by atoms with Crippen LogP contribution in [0.4, 0.5) is 0 Å². The van der Waals surface area contributed by atoms with Crippen LogP contribution in [0.25, 0.3) is 11.1 Å². The highest BCUT2D eigenvalue weighted by molar-refractivity contribution is 5.88. The molecular formula is C23H29N3O3. The summed E-state index contributed by atoms with van der Waals surface area (Å²) in [6.45, 7) is 2.65. The first-order valence-electron chi connectivity index (χ1n) is 9.95. The molecule has 29 heavy (non-hydrogen) atoms. The van der Waals surface area contributed by atoms with Gasteiger partial charge in [0.15, 0.2) is 0 Å². The molecule has 2 N–H and O–H groups in total. The van der Waals surface area contributed by atoms with Crippen molar-refractivity contribution >= 4 is 11.8 Å². The Morgan fingerprint density at radius 2 is 1.93 bits per heavy atom. The van der Waals surface area contributed by atoms with Crippen molar-refractivity contribution in [3.8, 4) is 16.9 Å². The number of benzene rings is 2. The van der Waals surface area contributed by atoms with Crippen LogP contribution in [0.15, 0.2) is 48.5 Å². The molecule has 1 fully saturated rings. The highest BCUT2D eigenvalue weighted by atomic mass is 16.5. The summed E-state index contributed by atoms with van der Waals surface area (Å²) in [7, 11) is 3.44. The summed E-state index contributed by atoms with van der Waals surface area (Å²) in [6.07, 6.45) is 1.53. The predicted octanol–water partition coefficient (Wildman–Crippen LogP) is 2.83. The lowest BCUT2D eigenvalue weighted by molar-refractivity contribution is -0.143. The Bertz CT molecular complexity index is 866. The Morgan fingerprint density at radius 3 is 2.62 bits per heavy atom. The van der Waals surface area contributed by atoms with Gasteiger partial charge in [-0.3, -0.25) is 9.59 Å². The molecule has 2 atom stereocenters. The fourth-order valence-electron chi connectivity index (χ4n) is 3.67. The topological polar surface area (TPSA) is 75.9 Å². The molecule has 1 aliphatic heterocycles. The fraction of sp³-hybridized carbons (Fsp3) is 0.391. The molecule has 0 spiro atoms. The summed E-state index contributed by atoms with van der Waals surface area (Å²) < 4.78 is 5.44. The first-order chi connectivity index (χ1) is 13.9. The number of likely N-dealkylation sites (N-methyl/N-ethyl adjacent to an activating group) is 1. The highest BCUT2D eigenvalue weighted by Crippen LogP contribution is 2.31. The minimum Gasteiger partial charge on any atom is -0.496 e. The number of carbonyl (C=O) groups is 2. The van der Waals surface area contributed by atoms with E-state index in [9.17, 15) is 9.59 Å². The molecular weight excluding hydrogens is 366 g/mol. The van der Waals surface area contributed by atoms with E-state index in [4.69, 9.17) is 10.5 Å². The lowest BCUT2D eigenvalue weighted by Crippen LogP contribution is -2.51. The molecule has 1 heterocycles. The SMILES string of the molecule is COc1ccccc1-c1ccc(C(C)N(C)C(=O)CN2CCCC(N)C2=O)cc1. The molecule has 0 saturated carbocycles.